The number of aryl methyl sites for hydroxylation is 2. The number of ether oxygens (including phenoxy) is 1. The van der Waals surface area contributed by atoms with Crippen LogP contribution in [0.4, 0.5) is 5.69 Å². The molecule has 0 bridgehead atoms. The van der Waals surface area contributed by atoms with Gasteiger partial charge in [-0.1, -0.05) is 32.0 Å². The first-order valence-electron chi connectivity index (χ1n) is 8.95. The normalized spacial score (nSPS) is 11.6. The number of nitrogens with zero attached hydrogens (tertiary/aromatic N) is 1. The van der Waals surface area contributed by atoms with Crippen molar-refractivity contribution in [2.45, 2.75) is 38.5 Å². The van der Waals surface area contributed by atoms with Crippen molar-refractivity contribution in [3.05, 3.63) is 57.9 Å². The van der Waals surface area contributed by atoms with Crippen LogP contribution in [0.15, 0.2) is 46.7 Å². The van der Waals surface area contributed by atoms with E-state index in [1.807, 2.05) is 51.3 Å². The predicted octanol–water partition coefficient (Wildman–Crippen LogP) is 5.36. The van der Waals surface area contributed by atoms with Crippen LogP contribution >= 0.6 is 11.3 Å². The summed E-state index contributed by atoms with van der Waals surface area (Å²) in [6.45, 7) is 7.80. The standard InChI is InChI=1S/C21H24N2O3S2/c1-13(2)17-8-7-16(19-12-27-15(4)22-19)11-21(17)28(24,25)23-18-10-14(3)6-9-20(18)26-5/h6-13,23H,1-5H3. The fourth-order valence-electron chi connectivity index (χ4n) is 3.00. The second-order valence-electron chi connectivity index (χ2n) is 6.97. The number of thiazole rings is 1. The number of hydrogen-bond donors (Lipinski definition) is 1. The SMILES string of the molecule is COc1ccc(C)cc1NS(=O)(=O)c1cc(-c2csc(C)n2)ccc1C(C)C. The average molecular weight is 417 g/mol. The van der Waals surface area contributed by atoms with E-state index in [9.17, 15) is 8.42 Å². The molecule has 0 aliphatic rings. The molecule has 0 saturated heterocycles. The lowest BCUT2D eigenvalue weighted by atomic mass is 10.0. The van der Waals surface area contributed by atoms with E-state index in [-0.39, 0.29) is 10.8 Å². The van der Waals surface area contributed by atoms with Crippen LogP contribution in [0.3, 0.4) is 0 Å². The molecule has 0 radical (unpaired) electrons. The Kier molecular flexibility index (Phi) is 5.76. The molecule has 0 unspecified atom stereocenters. The quantitative estimate of drug-likeness (QED) is 0.587. The first-order valence-corrected chi connectivity index (χ1v) is 11.3. The van der Waals surface area contributed by atoms with Gasteiger partial charge in [0.25, 0.3) is 10.0 Å². The molecule has 1 aromatic heterocycles. The molecule has 7 heteroatoms. The summed E-state index contributed by atoms with van der Waals surface area (Å²) in [4.78, 5) is 4.74. The Morgan fingerprint density at radius 1 is 1.11 bits per heavy atom. The molecule has 3 aromatic rings. The van der Waals surface area contributed by atoms with Gasteiger partial charge in [-0.2, -0.15) is 0 Å². The van der Waals surface area contributed by atoms with E-state index in [4.69, 9.17) is 4.74 Å². The van der Waals surface area contributed by atoms with Crippen molar-refractivity contribution in [2.24, 2.45) is 0 Å². The van der Waals surface area contributed by atoms with Crippen LogP contribution in [0.1, 0.15) is 35.9 Å². The Hall–Kier alpha value is -2.38. The summed E-state index contributed by atoms with van der Waals surface area (Å²) < 4.78 is 34.6. The molecule has 2 aromatic carbocycles. The van der Waals surface area contributed by atoms with Gasteiger partial charge in [0.2, 0.25) is 0 Å². The lowest BCUT2D eigenvalue weighted by molar-refractivity contribution is 0.417. The van der Waals surface area contributed by atoms with E-state index in [2.05, 4.69) is 9.71 Å². The fourth-order valence-corrected chi connectivity index (χ4v) is 5.08. The van der Waals surface area contributed by atoms with Crippen molar-refractivity contribution in [3.63, 3.8) is 0 Å². The van der Waals surface area contributed by atoms with Gasteiger partial charge in [0, 0.05) is 10.9 Å². The molecule has 148 valence electrons. The highest BCUT2D eigenvalue weighted by molar-refractivity contribution is 7.92. The predicted molar refractivity (Wildman–Crippen MR) is 115 cm³/mol. The number of benzene rings is 2. The van der Waals surface area contributed by atoms with Crippen LogP contribution in [0.5, 0.6) is 5.75 Å². The molecule has 0 atom stereocenters. The lowest BCUT2D eigenvalue weighted by Crippen LogP contribution is -2.16. The second-order valence-corrected chi connectivity index (χ2v) is 9.68. The third-order valence-corrected chi connectivity index (χ3v) is 6.63. The number of aromatic nitrogens is 1. The third-order valence-electron chi connectivity index (χ3n) is 4.44. The summed E-state index contributed by atoms with van der Waals surface area (Å²) in [6, 6.07) is 10.9. The summed E-state index contributed by atoms with van der Waals surface area (Å²) in [5.74, 6) is 0.531. The number of rotatable bonds is 6. The largest absolute Gasteiger partial charge is 0.495 e. The van der Waals surface area contributed by atoms with Crippen LogP contribution in [-0.4, -0.2) is 20.5 Å². The molecular formula is C21H24N2O3S2. The van der Waals surface area contributed by atoms with Crippen LogP contribution in [0, 0.1) is 13.8 Å². The summed E-state index contributed by atoms with van der Waals surface area (Å²) in [5, 5.41) is 2.88. The summed E-state index contributed by atoms with van der Waals surface area (Å²) in [5.41, 5.74) is 3.68. The highest BCUT2D eigenvalue weighted by atomic mass is 32.2. The van der Waals surface area contributed by atoms with Crippen molar-refractivity contribution < 1.29 is 13.2 Å². The third kappa shape index (κ3) is 4.20. The molecule has 5 nitrogen and oxygen atoms in total. The molecular weight excluding hydrogens is 392 g/mol. The summed E-state index contributed by atoms with van der Waals surface area (Å²) >= 11 is 1.54. The first-order chi connectivity index (χ1) is 13.2. The Morgan fingerprint density at radius 2 is 1.86 bits per heavy atom. The maximum Gasteiger partial charge on any atom is 0.262 e. The molecule has 0 amide bonds. The van der Waals surface area contributed by atoms with Gasteiger partial charge in [0.1, 0.15) is 5.75 Å². The van der Waals surface area contributed by atoms with Crippen molar-refractivity contribution in [1.82, 2.24) is 4.98 Å². The van der Waals surface area contributed by atoms with Gasteiger partial charge in [-0.25, -0.2) is 13.4 Å². The number of methoxy groups -OCH3 is 1. The Labute approximate surface area is 170 Å². The molecule has 3 rings (SSSR count). The zero-order valence-corrected chi connectivity index (χ0v) is 18.2. The Morgan fingerprint density at radius 3 is 2.46 bits per heavy atom. The van der Waals surface area contributed by atoms with Crippen molar-refractivity contribution in [2.75, 3.05) is 11.8 Å². The molecule has 1 N–H and O–H groups in total. The van der Waals surface area contributed by atoms with Gasteiger partial charge < -0.3 is 4.74 Å². The van der Waals surface area contributed by atoms with Crippen LogP contribution in [0.2, 0.25) is 0 Å². The molecule has 0 aliphatic heterocycles. The minimum atomic E-state index is -3.82. The van der Waals surface area contributed by atoms with Crippen LogP contribution < -0.4 is 9.46 Å². The van der Waals surface area contributed by atoms with E-state index in [1.54, 1.807) is 18.2 Å². The maximum absolute atomic E-state index is 13.3. The minimum Gasteiger partial charge on any atom is -0.495 e. The molecule has 28 heavy (non-hydrogen) atoms. The van der Waals surface area contributed by atoms with Gasteiger partial charge in [0.05, 0.1) is 28.4 Å². The highest BCUT2D eigenvalue weighted by Crippen LogP contribution is 2.33. The van der Waals surface area contributed by atoms with E-state index in [1.165, 1.54) is 18.4 Å². The number of nitrogens with one attached hydrogen (secondary N) is 1. The minimum absolute atomic E-state index is 0.0530. The van der Waals surface area contributed by atoms with Crippen molar-refractivity contribution in [1.29, 1.82) is 0 Å². The lowest BCUT2D eigenvalue weighted by Gasteiger charge is -2.17. The van der Waals surface area contributed by atoms with Gasteiger partial charge in [-0.05, 0) is 49.1 Å². The zero-order chi connectivity index (χ0) is 20.5. The molecule has 1 heterocycles. The highest BCUT2D eigenvalue weighted by Gasteiger charge is 2.23. The van der Waals surface area contributed by atoms with Gasteiger partial charge in [-0.3, -0.25) is 4.72 Å². The van der Waals surface area contributed by atoms with Crippen molar-refractivity contribution in [3.8, 4) is 17.0 Å². The molecule has 0 aliphatic carbocycles. The van der Waals surface area contributed by atoms with E-state index < -0.39 is 10.0 Å². The molecule has 0 saturated carbocycles. The second kappa shape index (κ2) is 7.93. The van der Waals surface area contributed by atoms with E-state index in [0.717, 1.165) is 27.4 Å². The molecule has 0 fully saturated rings. The number of sulfonamides is 1. The van der Waals surface area contributed by atoms with Gasteiger partial charge in [-0.15, -0.1) is 11.3 Å². The first kappa shape index (κ1) is 20.4. The Bertz CT molecular complexity index is 1100. The van der Waals surface area contributed by atoms with Gasteiger partial charge in [0.15, 0.2) is 0 Å². The van der Waals surface area contributed by atoms with Gasteiger partial charge >= 0.3 is 0 Å². The monoisotopic (exact) mass is 416 g/mol. The fraction of sp³-hybridized carbons (Fsp3) is 0.286. The average Bonchev–Trinajstić information content (AvgIpc) is 3.07. The summed E-state index contributed by atoms with van der Waals surface area (Å²) in [7, 11) is -2.30. The Balaban J connectivity index is 2.10. The van der Waals surface area contributed by atoms with Crippen LogP contribution in [0.25, 0.3) is 11.3 Å². The smallest absolute Gasteiger partial charge is 0.262 e. The topological polar surface area (TPSA) is 68.3 Å². The number of hydrogen-bond acceptors (Lipinski definition) is 5. The van der Waals surface area contributed by atoms with Crippen LogP contribution in [-0.2, 0) is 10.0 Å². The van der Waals surface area contributed by atoms with E-state index >= 15 is 0 Å². The molecule has 0 spiro atoms. The van der Waals surface area contributed by atoms with Crippen molar-refractivity contribution >= 4 is 27.0 Å². The number of anilines is 1. The zero-order valence-electron chi connectivity index (χ0n) is 16.6. The maximum atomic E-state index is 13.3. The summed E-state index contributed by atoms with van der Waals surface area (Å²) in [6.07, 6.45) is 0. The van der Waals surface area contributed by atoms with E-state index in [0.29, 0.717) is 11.4 Å².